The zero-order valence-corrected chi connectivity index (χ0v) is 14.4. The molecule has 1 aliphatic rings. The first kappa shape index (κ1) is 16.5. The lowest BCUT2D eigenvalue weighted by Gasteiger charge is -2.35. The summed E-state index contributed by atoms with van der Waals surface area (Å²) in [7, 11) is 0. The van der Waals surface area contributed by atoms with E-state index in [4.69, 9.17) is 0 Å². The van der Waals surface area contributed by atoms with E-state index in [2.05, 4.69) is 51.2 Å². The molecule has 3 unspecified atom stereocenters. The normalized spacial score (nSPS) is 24.0. The smallest absolute Gasteiger partial charge is 0.0136 e. The summed E-state index contributed by atoms with van der Waals surface area (Å²) in [4.78, 5) is 0. The van der Waals surface area contributed by atoms with Gasteiger partial charge in [0.15, 0.2) is 0 Å². The molecule has 1 N–H and O–H groups in total. The van der Waals surface area contributed by atoms with E-state index in [0.29, 0.717) is 6.04 Å². The van der Waals surface area contributed by atoms with Crippen LogP contribution in [0.1, 0.15) is 62.6 Å². The van der Waals surface area contributed by atoms with Gasteiger partial charge in [-0.3, -0.25) is 0 Å². The zero-order chi connectivity index (χ0) is 15.2. The van der Waals surface area contributed by atoms with Crippen LogP contribution in [0.25, 0.3) is 0 Å². The number of rotatable bonds is 6. The molecule has 1 saturated carbocycles. The minimum absolute atomic E-state index is 0.659. The molecule has 0 saturated heterocycles. The summed E-state index contributed by atoms with van der Waals surface area (Å²) in [6.45, 7) is 10.1. The van der Waals surface area contributed by atoms with E-state index in [1.807, 2.05) is 0 Å². The second kappa shape index (κ2) is 7.98. The number of hydrogen-bond acceptors (Lipinski definition) is 1. The lowest BCUT2D eigenvalue weighted by molar-refractivity contribution is 0.208. The van der Waals surface area contributed by atoms with Gasteiger partial charge in [0, 0.05) is 6.04 Å². The van der Waals surface area contributed by atoms with Crippen molar-refractivity contribution in [3.05, 3.63) is 34.9 Å². The van der Waals surface area contributed by atoms with Crippen LogP contribution in [0, 0.1) is 25.7 Å². The number of nitrogens with one attached hydrogen (secondary N) is 1. The minimum atomic E-state index is 0.659. The Kier molecular flexibility index (Phi) is 6.29. The van der Waals surface area contributed by atoms with Gasteiger partial charge in [-0.25, -0.2) is 0 Å². The molecule has 1 aromatic carbocycles. The van der Waals surface area contributed by atoms with Crippen LogP contribution in [-0.4, -0.2) is 12.6 Å². The summed E-state index contributed by atoms with van der Waals surface area (Å²) in [6, 6.07) is 7.65. The van der Waals surface area contributed by atoms with Gasteiger partial charge in [-0.2, -0.15) is 0 Å². The van der Waals surface area contributed by atoms with Crippen LogP contribution in [0.15, 0.2) is 18.2 Å². The molecule has 0 amide bonds. The quantitative estimate of drug-likeness (QED) is 0.773. The van der Waals surface area contributed by atoms with Crippen molar-refractivity contribution in [1.29, 1.82) is 0 Å². The molecule has 1 heteroatoms. The second-order valence-electron chi connectivity index (χ2n) is 6.99. The van der Waals surface area contributed by atoms with E-state index in [-0.39, 0.29) is 0 Å². The molecule has 0 aliphatic heterocycles. The molecule has 0 bridgehead atoms. The lowest BCUT2D eigenvalue weighted by Crippen LogP contribution is -2.40. The number of likely N-dealkylation sites (N-methyl/N-ethyl adjacent to an activating group) is 1. The molecule has 3 atom stereocenters. The van der Waals surface area contributed by atoms with E-state index in [1.54, 1.807) is 0 Å². The highest BCUT2D eigenvalue weighted by Gasteiger charge is 2.27. The van der Waals surface area contributed by atoms with Crippen molar-refractivity contribution in [3.63, 3.8) is 0 Å². The molecule has 1 aliphatic carbocycles. The summed E-state index contributed by atoms with van der Waals surface area (Å²) in [5.74, 6) is 1.83. The molecule has 0 spiro atoms. The van der Waals surface area contributed by atoms with Crippen molar-refractivity contribution in [2.45, 2.75) is 72.3 Å². The molecule has 1 fully saturated rings. The van der Waals surface area contributed by atoms with E-state index >= 15 is 0 Å². The van der Waals surface area contributed by atoms with Crippen molar-refractivity contribution < 1.29 is 0 Å². The highest BCUT2D eigenvalue weighted by atomic mass is 14.9. The largest absolute Gasteiger partial charge is 0.314 e. The van der Waals surface area contributed by atoms with Crippen LogP contribution in [0.5, 0.6) is 0 Å². The third-order valence-electron chi connectivity index (χ3n) is 5.46. The first-order valence-corrected chi connectivity index (χ1v) is 8.93. The van der Waals surface area contributed by atoms with Crippen LogP contribution >= 0.6 is 0 Å². The van der Waals surface area contributed by atoms with E-state index in [9.17, 15) is 0 Å². The fourth-order valence-corrected chi connectivity index (χ4v) is 3.92. The Morgan fingerprint density at radius 1 is 1.14 bits per heavy atom. The Morgan fingerprint density at radius 2 is 1.95 bits per heavy atom. The standard InChI is InChI=1S/C20H33N/c1-5-17-8-7-9-19(13-17)20(21-6-2)14-18-11-10-15(3)16(4)12-18/h10-12,17,19-21H,5-9,13-14H2,1-4H3. The Morgan fingerprint density at radius 3 is 2.62 bits per heavy atom. The number of hydrogen-bond donors (Lipinski definition) is 1. The molecule has 2 rings (SSSR count). The predicted molar refractivity (Wildman–Crippen MR) is 92.8 cm³/mol. The SMILES string of the molecule is CCNC(Cc1ccc(C)c(C)c1)C1CCCC(CC)C1. The van der Waals surface area contributed by atoms with Gasteiger partial charge in [-0.05, 0) is 68.2 Å². The highest BCUT2D eigenvalue weighted by molar-refractivity contribution is 5.30. The highest BCUT2D eigenvalue weighted by Crippen LogP contribution is 2.34. The van der Waals surface area contributed by atoms with E-state index in [0.717, 1.165) is 18.4 Å². The fraction of sp³-hybridized carbons (Fsp3) is 0.700. The molecule has 1 aromatic rings. The first-order valence-electron chi connectivity index (χ1n) is 8.93. The van der Waals surface area contributed by atoms with Gasteiger partial charge in [0.2, 0.25) is 0 Å². The van der Waals surface area contributed by atoms with Gasteiger partial charge in [-0.15, -0.1) is 0 Å². The Bertz CT molecular complexity index is 437. The second-order valence-corrected chi connectivity index (χ2v) is 6.99. The summed E-state index contributed by atoms with van der Waals surface area (Å²) < 4.78 is 0. The predicted octanol–water partition coefficient (Wildman–Crippen LogP) is 5.04. The molecule has 118 valence electrons. The van der Waals surface area contributed by atoms with Crippen molar-refractivity contribution in [3.8, 4) is 0 Å². The molecular formula is C20H33N. The van der Waals surface area contributed by atoms with Crippen LogP contribution in [0.4, 0.5) is 0 Å². The molecular weight excluding hydrogens is 254 g/mol. The van der Waals surface area contributed by atoms with Gasteiger partial charge in [0.25, 0.3) is 0 Å². The van der Waals surface area contributed by atoms with Crippen molar-refractivity contribution in [2.75, 3.05) is 6.54 Å². The summed E-state index contributed by atoms with van der Waals surface area (Å²) in [5, 5.41) is 3.78. The molecule has 0 radical (unpaired) electrons. The summed E-state index contributed by atoms with van der Waals surface area (Å²) >= 11 is 0. The third kappa shape index (κ3) is 4.57. The van der Waals surface area contributed by atoms with Gasteiger partial charge in [-0.1, -0.05) is 51.3 Å². The number of aryl methyl sites for hydroxylation is 2. The Labute approximate surface area is 131 Å². The monoisotopic (exact) mass is 287 g/mol. The first-order chi connectivity index (χ1) is 10.1. The van der Waals surface area contributed by atoms with Gasteiger partial charge >= 0.3 is 0 Å². The molecule has 0 aromatic heterocycles. The Balaban J connectivity index is 2.05. The molecule has 0 heterocycles. The summed E-state index contributed by atoms with van der Waals surface area (Å²) in [6.07, 6.45) is 8.28. The molecule has 1 nitrogen and oxygen atoms in total. The maximum atomic E-state index is 3.78. The van der Waals surface area contributed by atoms with Crippen LogP contribution in [-0.2, 0) is 6.42 Å². The van der Waals surface area contributed by atoms with Gasteiger partial charge < -0.3 is 5.32 Å². The summed E-state index contributed by atoms with van der Waals surface area (Å²) in [5.41, 5.74) is 4.34. The van der Waals surface area contributed by atoms with Crippen LogP contribution in [0.3, 0.4) is 0 Å². The average molecular weight is 287 g/mol. The minimum Gasteiger partial charge on any atom is -0.314 e. The Hall–Kier alpha value is -0.820. The fourth-order valence-electron chi connectivity index (χ4n) is 3.92. The van der Waals surface area contributed by atoms with E-state index < -0.39 is 0 Å². The lowest BCUT2D eigenvalue weighted by atomic mass is 9.75. The van der Waals surface area contributed by atoms with Crippen molar-refractivity contribution >= 4 is 0 Å². The zero-order valence-electron chi connectivity index (χ0n) is 14.4. The van der Waals surface area contributed by atoms with E-state index in [1.165, 1.54) is 55.2 Å². The van der Waals surface area contributed by atoms with Crippen LogP contribution < -0.4 is 5.32 Å². The van der Waals surface area contributed by atoms with Crippen LogP contribution in [0.2, 0.25) is 0 Å². The van der Waals surface area contributed by atoms with Gasteiger partial charge in [0.1, 0.15) is 0 Å². The maximum absolute atomic E-state index is 3.78. The third-order valence-corrected chi connectivity index (χ3v) is 5.46. The molecule has 21 heavy (non-hydrogen) atoms. The number of benzene rings is 1. The van der Waals surface area contributed by atoms with Crippen molar-refractivity contribution in [1.82, 2.24) is 5.32 Å². The maximum Gasteiger partial charge on any atom is 0.0136 e. The topological polar surface area (TPSA) is 12.0 Å². The average Bonchev–Trinajstić information content (AvgIpc) is 2.50. The van der Waals surface area contributed by atoms with Crippen molar-refractivity contribution in [2.24, 2.45) is 11.8 Å². The van der Waals surface area contributed by atoms with Gasteiger partial charge in [0.05, 0.1) is 0 Å².